The van der Waals surface area contributed by atoms with Gasteiger partial charge in [0.05, 0.1) is 0 Å². The molecule has 0 saturated carbocycles. The van der Waals surface area contributed by atoms with E-state index in [0.717, 1.165) is 0 Å². The molecule has 0 aliphatic heterocycles. The molecular formula is C12H13BeClFNO3. The largest absolute Gasteiger partial charge is 2.00 e. The summed E-state index contributed by atoms with van der Waals surface area (Å²) in [6, 6.07) is 3.46. The number of hydrogen-bond acceptors (Lipinski definition) is 3. The number of rotatable bonds is 2. The normalized spacial score (nSPS) is 10.6. The molecule has 0 radical (unpaired) electrons. The van der Waals surface area contributed by atoms with E-state index in [4.69, 9.17) is 16.3 Å². The van der Waals surface area contributed by atoms with Crippen molar-refractivity contribution in [3.8, 4) is 0 Å². The van der Waals surface area contributed by atoms with Gasteiger partial charge in [-0.1, -0.05) is 0 Å². The molecule has 0 aromatic heterocycles. The molecule has 0 spiro atoms. The van der Waals surface area contributed by atoms with Gasteiger partial charge >= 0.3 is 16.2 Å². The zero-order valence-electron chi connectivity index (χ0n) is 11.0. The van der Waals surface area contributed by atoms with E-state index < -0.39 is 24.1 Å². The van der Waals surface area contributed by atoms with Crippen LogP contribution in [0.15, 0.2) is 6.07 Å². The van der Waals surface area contributed by atoms with Gasteiger partial charge in [-0.25, -0.2) is 9.18 Å². The van der Waals surface area contributed by atoms with Gasteiger partial charge in [0.1, 0.15) is 5.60 Å². The number of amides is 1. The van der Waals surface area contributed by atoms with Crippen LogP contribution < -0.4 is 10.4 Å². The molecular weight excluding hydrogens is 270 g/mol. The zero-order valence-corrected chi connectivity index (χ0v) is 11.7. The summed E-state index contributed by atoms with van der Waals surface area (Å²) in [5.41, 5.74) is -0.860. The van der Waals surface area contributed by atoms with Crippen molar-refractivity contribution in [3.63, 3.8) is 0 Å². The van der Waals surface area contributed by atoms with Crippen LogP contribution in [0.3, 0.4) is 0 Å². The third kappa shape index (κ3) is 5.55. The van der Waals surface area contributed by atoms with E-state index in [2.05, 4.69) is 11.4 Å². The van der Waals surface area contributed by atoms with Crippen molar-refractivity contribution < 1.29 is 19.0 Å². The van der Waals surface area contributed by atoms with Crippen LogP contribution in [-0.2, 0) is 11.3 Å². The van der Waals surface area contributed by atoms with Crippen molar-refractivity contribution in [1.29, 1.82) is 0 Å². The minimum absolute atomic E-state index is 0. The molecule has 1 aromatic carbocycles. The molecule has 0 fully saturated rings. The van der Waals surface area contributed by atoms with Crippen molar-refractivity contribution in [3.05, 3.63) is 28.5 Å². The van der Waals surface area contributed by atoms with Crippen molar-refractivity contribution in [1.82, 2.24) is 0 Å². The number of carbonyl (C=O) groups excluding carboxylic acids is 1. The summed E-state index contributed by atoms with van der Waals surface area (Å²) in [5, 5.41) is 12.7. The second-order valence-corrected chi connectivity index (χ2v) is 5.01. The Morgan fingerprint density at radius 3 is 2.58 bits per heavy atom. The fourth-order valence-corrected chi connectivity index (χ4v) is 1.43. The first-order valence-corrected chi connectivity index (χ1v) is 5.59. The van der Waals surface area contributed by atoms with E-state index in [9.17, 15) is 14.3 Å². The van der Waals surface area contributed by atoms with Crippen LogP contribution >= 0.6 is 11.6 Å². The fourth-order valence-electron chi connectivity index (χ4n) is 1.17. The van der Waals surface area contributed by atoms with Crippen LogP contribution in [0.1, 0.15) is 26.3 Å². The minimum Gasteiger partial charge on any atom is -0.853 e. The molecule has 1 amide bonds. The predicted octanol–water partition coefficient (Wildman–Crippen LogP) is 2.11. The minimum atomic E-state index is -0.890. The van der Waals surface area contributed by atoms with Gasteiger partial charge in [0.15, 0.2) is 0 Å². The summed E-state index contributed by atoms with van der Waals surface area (Å²) in [5.74, 6) is -0.890. The van der Waals surface area contributed by atoms with Crippen molar-refractivity contribution >= 4 is 33.5 Å². The molecule has 0 aliphatic rings. The molecule has 7 heteroatoms. The molecule has 1 N–H and O–H groups in total. The van der Waals surface area contributed by atoms with Gasteiger partial charge in [0.25, 0.3) is 0 Å². The molecule has 19 heavy (non-hydrogen) atoms. The summed E-state index contributed by atoms with van der Waals surface area (Å²) in [4.78, 5) is 11.5. The maximum Gasteiger partial charge on any atom is 2.00 e. The number of nitrogens with one attached hydrogen (secondary N) is 1. The van der Waals surface area contributed by atoms with Crippen molar-refractivity contribution in [2.24, 2.45) is 0 Å². The average molecular weight is 283 g/mol. The number of ether oxygens (including phenoxy) is 1. The topological polar surface area (TPSA) is 61.4 Å². The fraction of sp³-hybridized carbons (Fsp3) is 0.417. The first kappa shape index (κ1) is 17.8. The molecule has 100 valence electrons. The van der Waals surface area contributed by atoms with E-state index in [-0.39, 0.29) is 26.4 Å². The molecule has 0 bridgehead atoms. The first-order valence-electron chi connectivity index (χ1n) is 5.21. The maximum absolute atomic E-state index is 13.5. The number of hydrogen-bond donors (Lipinski definition) is 1. The van der Waals surface area contributed by atoms with Gasteiger partial charge in [-0.15, -0.1) is 30.3 Å². The number of anilines is 1. The Balaban J connectivity index is 0.00000324. The molecule has 0 aliphatic carbocycles. The Labute approximate surface area is 120 Å². The molecule has 4 nitrogen and oxygen atoms in total. The molecule has 0 heterocycles. The molecule has 0 unspecified atom stereocenters. The molecule has 1 aromatic rings. The summed E-state index contributed by atoms with van der Waals surface area (Å²) in [6.45, 7) is 4.40. The molecule has 1 rings (SSSR count). The second kappa shape index (κ2) is 6.85. The van der Waals surface area contributed by atoms with Crippen LogP contribution in [0, 0.1) is 11.9 Å². The monoisotopic (exact) mass is 282 g/mol. The number of halogens is 2. The van der Waals surface area contributed by atoms with Crippen LogP contribution in [0.25, 0.3) is 0 Å². The number of carbonyl (C=O) groups is 1. The van der Waals surface area contributed by atoms with E-state index in [0.29, 0.717) is 0 Å². The SMILES string of the molecule is CC(C)(C)OC(=O)Nc1c(F)[c-]c(C[O-])cc1Cl.[Be+2]. The van der Waals surface area contributed by atoms with Crippen molar-refractivity contribution in [2.75, 3.05) is 5.32 Å². The van der Waals surface area contributed by atoms with Gasteiger partial charge in [-0.3, -0.25) is 0 Å². The Morgan fingerprint density at radius 1 is 1.58 bits per heavy atom. The maximum atomic E-state index is 13.5. The third-order valence-electron chi connectivity index (χ3n) is 1.81. The standard InChI is InChI=1S/C12H13ClFNO3.Be/c1-12(2,3)18-11(17)15-10-8(13)4-7(6-16)5-9(10)14;/h4H,6H2,1-3H3,(H,15,17);/q-2;+2. The van der Waals surface area contributed by atoms with Crippen LogP contribution in [0.2, 0.25) is 5.02 Å². The third-order valence-corrected chi connectivity index (χ3v) is 2.11. The van der Waals surface area contributed by atoms with Crippen LogP contribution in [-0.4, -0.2) is 21.8 Å². The van der Waals surface area contributed by atoms with Gasteiger partial charge in [0, 0.05) is 5.82 Å². The number of benzene rings is 1. The van der Waals surface area contributed by atoms with Gasteiger partial charge in [0.2, 0.25) is 0 Å². The van der Waals surface area contributed by atoms with Crippen LogP contribution in [0.5, 0.6) is 0 Å². The summed E-state index contributed by atoms with van der Waals surface area (Å²) in [6.07, 6.45) is -0.827. The Kier molecular flexibility index (Phi) is 6.43. The Morgan fingerprint density at radius 2 is 2.16 bits per heavy atom. The van der Waals surface area contributed by atoms with Crippen LogP contribution in [0.4, 0.5) is 14.9 Å². The summed E-state index contributed by atoms with van der Waals surface area (Å²) in [7, 11) is 0. The Bertz CT molecular complexity index is 440. The van der Waals surface area contributed by atoms with Gasteiger partial charge in [-0.2, -0.15) is 5.56 Å². The quantitative estimate of drug-likeness (QED) is 0.667. The summed E-state index contributed by atoms with van der Waals surface area (Å²) >= 11 is 5.76. The molecule has 0 saturated heterocycles. The smallest absolute Gasteiger partial charge is 0.853 e. The van der Waals surface area contributed by atoms with Gasteiger partial charge < -0.3 is 15.2 Å². The Hall–Kier alpha value is -1.16. The average Bonchev–Trinajstić information content (AvgIpc) is 2.20. The van der Waals surface area contributed by atoms with Gasteiger partial charge in [-0.05, 0) is 31.5 Å². The molecule has 0 atom stereocenters. The van der Waals surface area contributed by atoms with E-state index in [1.54, 1.807) is 20.8 Å². The summed E-state index contributed by atoms with van der Waals surface area (Å²) < 4.78 is 18.5. The van der Waals surface area contributed by atoms with E-state index in [1.807, 2.05) is 0 Å². The first-order chi connectivity index (χ1) is 8.23. The second-order valence-electron chi connectivity index (χ2n) is 4.60. The van der Waals surface area contributed by atoms with Crippen molar-refractivity contribution in [2.45, 2.75) is 33.0 Å². The van der Waals surface area contributed by atoms with E-state index >= 15 is 0 Å². The van der Waals surface area contributed by atoms with E-state index in [1.165, 1.54) is 6.07 Å². The predicted molar refractivity (Wildman–Crippen MR) is 69.6 cm³/mol. The zero-order chi connectivity index (χ0) is 13.9.